The van der Waals surface area contributed by atoms with Crippen LogP contribution in [0.1, 0.15) is 67.2 Å². The fourth-order valence-corrected chi connectivity index (χ4v) is 3.60. The molecule has 0 atom stereocenters. The molecule has 0 bridgehead atoms. The molecule has 0 radical (unpaired) electrons. The van der Waals surface area contributed by atoms with Gasteiger partial charge < -0.3 is 19.5 Å². The Morgan fingerprint density at radius 3 is 1.88 bits per heavy atom. The van der Waals surface area contributed by atoms with Crippen LogP contribution < -0.4 is 0 Å². The van der Waals surface area contributed by atoms with Crippen LogP contribution in [-0.2, 0) is 14.3 Å². The minimum atomic E-state index is -0.804. The number of amides is 1. The smallest absolute Gasteiger partial charge is 0.410 e. The maximum Gasteiger partial charge on any atom is 0.410 e. The van der Waals surface area contributed by atoms with Crippen LogP contribution in [0.5, 0.6) is 0 Å². The highest BCUT2D eigenvalue weighted by atomic mass is 16.6. The van der Waals surface area contributed by atoms with Crippen molar-refractivity contribution in [3.8, 4) is 0 Å². The van der Waals surface area contributed by atoms with Gasteiger partial charge in [-0.15, -0.1) is 0 Å². The molecule has 1 N–H and O–H groups in total. The largest absolute Gasteiger partial charge is 0.460 e. The lowest BCUT2D eigenvalue weighted by Crippen LogP contribution is -2.56. The molecule has 1 saturated heterocycles. The number of rotatable bonds is 2. The van der Waals surface area contributed by atoms with Crippen molar-refractivity contribution in [2.45, 2.75) is 84.0 Å². The molecule has 2 aliphatic rings. The molecular weight excluding hydrogens is 322 g/mol. The van der Waals surface area contributed by atoms with Gasteiger partial charge in [0.1, 0.15) is 11.2 Å². The Hall–Kier alpha value is -1.30. The number of hydrogen-bond donors (Lipinski definition) is 1. The quantitative estimate of drug-likeness (QED) is 0.770. The lowest BCUT2D eigenvalue weighted by atomic mass is 9.62. The van der Waals surface area contributed by atoms with Crippen molar-refractivity contribution in [1.29, 1.82) is 0 Å². The Bertz CT molecular complexity index is 503. The minimum Gasteiger partial charge on any atom is -0.460 e. The fraction of sp³-hybridized carbons (Fsp3) is 0.895. The number of ether oxygens (including phenoxy) is 2. The van der Waals surface area contributed by atoms with Crippen molar-refractivity contribution < 1.29 is 24.2 Å². The Morgan fingerprint density at radius 2 is 1.44 bits per heavy atom. The highest BCUT2D eigenvalue weighted by molar-refractivity contribution is 5.74. The van der Waals surface area contributed by atoms with E-state index >= 15 is 0 Å². The van der Waals surface area contributed by atoms with Gasteiger partial charge >= 0.3 is 12.1 Å². The number of hydrogen-bond acceptors (Lipinski definition) is 5. The fourth-order valence-electron chi connectivity index (χ4n) is 3.60. The number of likely N-dealkylation sites (tertiary alicyclic amines) is 1. The van der Waals surface area contributed by atoms with Gasteiger partial charge in [0.05, 0.1) is 11.5 Å². The molecule has 1 amide bonds. The second-order valence-electron chi connectivity index (χ2n) is 9.48. The van der Waals surface area contributed by atoms with E-state index < -0.39 is 16.8 Å². The van der Waals surface area contributed by atoms with Crippen molar-refractivity contribution in [2.24, 2.45) is 11.8 Å². The number of nitrogens with zero attached hydrogens (tertiary/aromatic N) is 1. The van der Waals surface area contributed by atoms with E-state index in [2.05, 4.69) is 0 Å². The summed E-state index contributed by atoms with van der Waals surface area (Å²) in [6.07, 6.45) is 2.09. The van der Waals surface area contributed by atoms with E-state index in [0.717, 1.165) is 12.8 Å². The SMILES string of the molecule is CC(C)(C)OC(=O)C1CC(O)(C2CCN(C(=O)OC(C)(C)C)CC2)C1. The summed E-state index contributed by atoms with van der Waals surface area (Å²) in [5, 5.41) is 10.8. The first-order valence-electron chi connectivity index (χ1n) is 9.22. The summed E-state index contributed by atoms with van der Waals surface area (Å²) < 4.78 is 10.8. The normalized spacial score (nSPS) is 28.3. The van der Waals surface area contributed by atoms with Gasteiger partial charge in [-0.3, -0.25) is 4.79 Å². The molecule has 0 unspecified atom stereocenters. The zero-order chi connectivity index (χ0) is 19.0. The summed E-state index contributed by atoms with van der Waals surface area (Å²) in [6, 6.07) is 0. The molecule has 2 fully saturated rings. The van der Waals surface area contributed by atoms with Crippen LogP contribution in [0.4, 0.5) is 4.79 Å². The Morgan fingerprint density at radius 1 is 0.960 bits per heavy atom. The van der Waals surface area contributed by atoms with Crippen LogP contribution >= 0.6 is 0 Å². The third-order valence-corrected chi connectivity index (χ3v) is 4.85. The van der Waals surface area contributed by atoms with Crippen molar-refractivity contribution in [2.75, 3.05) is 13.1 Å². The van der Waals surface area contributed by atoms with E-state index in [-0.39, 0.29) is 23.9 Å². The van der Waals surface area contributed by atoms with E-state index in [0.29, 0.717) is 25.9 Å². The highest BCUT2D eigenvalue weighted by Crippen LogP contribution is 2.47. The number of aliphatic hydroxyl groups is 1. The molecule has 25 heavy (non-hydrogen) atoms. The lowest BCUT2D eigenvalue weighted by Gasteiger charge is -2.50. The average molecular weight is 355 g/mol. The van der Waals surface area contributed by atoms with Gasteiger partial charge in [-0.25, -0.2) is 4.79 Å². The zero-order valence-electron chi connectivity index (χ0n) is 16.4. The molecule has 1 aliphatic carbocycles. The summed E-state index contributed by atoms with van der Waals surface area (Å²) in [6.45, 7) is 12.3. The first-order chi connectivity index (χ1) is 11.3. The van der Waals surface area contributed by atoms with Crippen LogP contribution in [0, 0.1) is 11.8 Å². The Balaban J connectivity index is 1.80. The van der Waals surface area contributed by atoms with E-state index in [4.69, 9.17) is 9.47 Å². The molecular formula is C19H33NO5. The summed E-state index contributed by atoms with van der Waals surface area (Å²) >= 11 is 0. The second kappa shape index (κ2) is 6.78. The Labute approximate surface area is 150 Å². The third-order valence-electron chi connectivity index (χ3n) is 4.85. The van der Waals surface area contributed by atoms with Gasteiger partial charge in [0.25, 0.3) is 0 Å². The van der Waals surface area contributed by atoms with Gasteiger partial charge in [-0.2, -0.15) is 0 Å². The maximum absolute atomic E-state index is 12.1. The molecule has 6 nitrogen and oxygen atoms in total. The molecule has 0 spiro atoms. The molecule has 144 valence electrons. The zero-order valence-corrected chi connectivity index (χ0v) is 16.4. The number of esters is 1. The van der Waals surface area contributed by atoms with Crippen LogP contribution in [0.25, 0.3) is 0 Å². The highest BCUT2D eigenvalue weighted by Gasteiger charge is 2.52. The van der Waals surface area contributed by atoms with E-state index in [9.17, 15) is 14.7 Å². The van der Waals surface area contributed by atoms with Gasteiger partial charge in [0.15, 0.2) is 0 Å². The van der Waals surface area contributed by atoms with Gasteiger partial charge in [-0.1, -0.05) is 0 Å². The Kier molecular flexibility index (Phi) is 5.43. The van der Waals surface area contributed by atoms with Gasteiger partial charge in [0, 0.05) is 13.1 Å². The molecule has 1 aliphatic heterocycles. The van der Waals surface area contributed by atoms with Crippen LogP contribution in [0.2, 0.25) is 0 Å². The molecule has 0 aromatic rings. The van der Waals surface area contributed by atoms with Crippen molar-refractivity contribution in [1.82, 2.24) is 4.90 Å². The van der Waals surface area contributed by atoms with Crippen molar-refractivity contribution in [3.05, 3.63) is 0 Å². The first-order valence-corrected chi connectivity index (χ1v) is 9.22. The number of carbonyl (C=O) groups excluding carboxylic acids is 2. The molecule has 0 aromatic carbocycles. The number of piperidine rings is 1. The van der Waals surface area contributed by atoms with E-state index in [1.165, 1.54) is 0 Å². The summed E-state index contributed by atoms with van der Waals surface area (Å²) in [7, 11) is 0. The third kappa shape index (κ3) is 5.33. The number of carbonyl (C=O) groups is 2. The van der Waals surface area contributed by atoms with Crippen molar-refractivity contribution >= 4 is 12.1 Å². The maximum atomic E-state index is 12.1. The van der Waals surface area contributed by atoms with Gasteiger partial charge in [0.2, 0.25) is 0 Å². The summed E-state index contributed by atoms with van der Waals surface area (Å²) in [5.41, 5.74) is -1.80. The topological polar surface area (TPSA) is 76.1 Å². The minimum absolute atomic E-state index is 0.116. The predicted molar refractivity (Wildman–Crippen MR) is 94.0 cm³/mol. The second-order valence-corrected chi connectivity index (χ2v) is 9.48. The average Bonchev–Trinajstić information content (AvgIpc) is 2.40. The molecule has 1 saturated carbocycles. The molecule has 1 heterocycles. The van der Waals surface area contributed by atoms with Gasteiger partial charge in [-0.05, 0) is 73.1 Å². The monoisotopic (exact) mass is 355 g/mol. The van der Waals surface area contributed by atoms with E-state index in [1.54, 1.807) is 4.90 Å². The molecule has 0 aromatic heterocycles. The summed E-state index contributed by atoms with van der Waals surface area (Å²) in [5.74, 6) is -0.318. The van der Waals surface area contributed by atoms with Crippen molar-refractivity contribution in [3.63, 3.8) is 0 Å². The van der Waals surface area contributed by atoms with Crippen LogP contribution in [0.3, 0.4) is 0 Å². The lowest BCUT2D eigenvalue weighted by molar-refractivity contribution is -0.184. The predicted octanol–water partition coefficient (Wildman–Crippen LogP) is 3.12. The van der Waals surface area contributed by atoms with Crippen LogP contribution in [0.15, 0.2) is 0 Å². The van der Waals surface area contributed by atoms with Crippen LogP contribution in [-0.4, -0.2) is 52.0 Å². The molecule has 2 rings (SSSR count). The molecule has 6 heteroatoms. The summed E-state index contributed by atoms with van der Waals surface area (Å²) in [4.78, 5) is 25.9. The van der Waals surface area contributed by atoms with E-state index in [1.807, 2.05) is 41.5 Å². The first kappa shape index (κ1) is 20.0. The standard InChI is InChI=1S/C19H33NO5/c1-17(2,3)24-15(21)13-11-19(23,12-13)14-7-9-20(10-8-14)16(22)25-18(4,5)6/h13-14,23H,7-12H2,1-6H3.